The van der Waals surface area contributed by atoms with Gasteiger partial charge in [-0.25, -0.2) is 0 Å². The first-order chi connectivity index (χ1) is 13.1. The fourth-order valence-corrected chi connectivity index (χ4v) is 4.05. The van der Waals surface area contributed by atoms with E-state index >= 15 is 0 Å². The number of amides is 2. The third kappa shape index (κ3) is 5.10. The van der Waals surface area contributed by atoms with Crippen LogP contribution in [0.25, 0.3) is 0 Å². The summed E-state index contributed by atoms with van der Waals surface area (Å²) in [6.07, 6.45) is 5.80. The molecule has 148 valence electrons. The van der Waals surface area contributed by atoms with Gasteiger partial charge >= 0.3 is 0 Å². The molecule has 0 spiro atoms. The van der Waals surface area contributed by atoms with E-state index in [1.807, 2.05) is 12.1 Å². The predicted octanol–water partition coefficient (Wildman–Crippen LogP) is 2.98. The molecule has 0 bridgehead atoms. The van der Waals surface area contributed by atoms with Crippen molar-refractivity contribution in [1.82, 2.24) is 10.2 Å². The Morgan fingerprint density at radius 2 is 1.85 bits per heavy atom. The Balaban J connectivity index is 1.49. The predicted molar refractivity (Wildman–Crippen MR) is 109 cm³/mol. The van der Waals surface area contributed by atoms with Crippen LogP contribution in [0.2, 0.25) is 0 Å². The van der Waals surface area contributed by atoms with Gasteiger partial charge in [-0.15, -0.1) is 0 Å². The van der Waals surface area contributed by atoms with Crippen LogP contribution >= 0.6 is 0 Å². The zero-order valence-electron chi connectivity index (χ0n) is 16.7. The van der Waals surface area contributed by atoms with E-state index in [0.717, 1.165) is 38.0 Å². The Labute approximate surface area is 163 Å². The zero-order valence-corrected chi connectivity index (χ0v) is 16.7. The summed E-state index contributed by atoms with van der Waals surface area (Å²) in [6, 6.07) is 8.35. The first kappa shape index (κ1) is 19.9. The number of anilines is 1. The Morgan fingerprint density at radius 1 is 1.15 bits per heavy atom. The van der Waals surface area contributed by atoms with Gasteiger partial charge in [0.25, 0.3) is 0 Å². The van der Waals surface area contributed by atoms with Crippen molar-refractivity contribution in [3.63, 3.8) is 0 Å². The molecule has 27 heavy (non-hydrogen) atoms. The number of rotatable bonds is 7. The van der Waals surface area contributed by atoms with Gasteiger partial charge in [0, 0.05) is 37.8 Å². The minimum atomic E-state index is -0.235. The van der Waals surface area contributed by atoms with Crippen LogP contribution in [0.1, 0.15) is 51.5 Å². The highest BCUT2D eigenvalue weighted by atomic mass is 16.2. The van der Waals surface area contributed by atoms with Gasteiger partial charge in [0.05, 0.1) is 5.92 Å². The SMILES string of the molecule is CCCCN1CCC(NC(=O)C2CC(=O)N(c3ccc(CC)cc3)C2)CC1. The lowest BCUT2D eigenvalue weighted by Gasteiger charge is -2.32. The quantitative estimate of drug-likeness (QED) is 0.802. The normalized spacial score (nSPS) is 21.6. The Kier molecular flexibility index (Phi) is 6.89. The van der Waals surface area contributed by atoms with Crippen LogP contribution in [0.15, 0.2) is 24.3 Å². The number of likely N-dealkylation sites (tertiary alicyclic amines) is 1. The summed E-state index contributed by atoms with van der Waals surface area (Å²) in [7, 11) is 0. The molecule has 0 aliphatic carbocycles. The summed E-state index contributed by atoms with van der Waals surface area (Å²) in [5, 5.41) is 3.20. The van der Waals surface area contributed by atoms with Crippen LogP contribution < -0.4 is 10.2 Å². The van der Waals surface area contributed by atoms with E-state index < -0.39 is 0 Å². The average Bonchev–Trinajstić information content (AvgIpc) is 3.09. The molecule has 2 aliphatic heterocycles. The summed E-state index contributed by atoms with van der Waals surface area (Å²) in [6.45, 7) is 8.11. The molecule has 1 atom stereocenters. The molecule has 1 unspecified atom stereocenters. The molecule has 2 fully saturated rings. The summed E-state index contributed by atoms with van der Waals surface area (Å²) < 4.78 is 0. The molecule has 5 nitrogen and oxygen atoms in total. The van der Waals surface area contributed by atoms with Crippen molar-refractivity contribution < 1.29 is 9.59 Å². The van der Waals surface area contributed by atoms with Crippen molar-refractivity contribution in [2.45, 2.75) is 58.4 Å². The van der Waals surface area contributed by atoms with Crippen molar-refractivity contribution in [2.24, 2.45) is 5.92 Å². The number of nitrogens with one attached hydrogen (secondary N) is 1. The molecule has 2 heterocycles. The maximum absolute atomic E-state index is 12.7. The van der Waals surface area contributed by atoms with Crippen LogP contribution in [0, 0.1) is 5.92 Å². The van der Waals surface area contributed by atoms with E-state index in [2.05, 4.69) is 36.2 Å². The van der Waals surface area contributed by atoms with E-state index in [4.69, 9.17) is 0 Å². The highest BCUT2D eigenvalue weighted by Gasteiger charge is 2.36. The summed E-state index contributed by atoms with van der Waals surface area (Å²) in [4.78, 5) is 29.4. The Hall–Kier alpha value is -1.88. The standard InChI is InChI=1S/C22H33N3O2/c1-3-5-12-24-13-10-19(11-14-24)23-22(27)18-15-21(26)25(16-18)20-8-6-17(4-2)7-9-20/h6-9,18-19H,3-5,10-16H2,1-2H3,(H,23,27). The largest absolute Gasteiger partial charge is 0.353 e. The van der Waals surface area contributed by atoms with Crippen molar-refractivity contribution in [1.29, 1.82) is 0 Å². The number of unbranched alkanes of at least 4 members (excludes halogenated alkanes) is 1. The second-order valence-electron chi connectivity index (χ2n) is 7.90. The maximum atomic E-state index is 12.7. The molecule has 0 saturated carbocycles. The first-order valence-corrected chi connectivity index (χ1v) is 10.5. The van der Waals surface area contributed by atoms with Crippen molar-refractivity contribution in [2.75, 3.05) is 31.1 Å². The lowest BCUT2D eigenvalue weighted by Crippen LogP contribution is -2.46. The van der Waals surface area contributed by atoms with Gasteiger partial charge in [-0.05, 0) is 49.9 Å². The van der Waals surface area contributed by atoms with E-state index in [1.54, 1.807) is 4.90 Å². The lowest BCUT2D eigenvalue weighted by atomic mass is 10.0. The Morgan fingerprint density at radius 3 is 2.48 bits per heavy atom. The summed E-state index contributed by atoms with van der Waals surface area (Å²) in [5.41, 5.74) is 2.15. The smallest absolute Gasteiger partial charge is 0.227 e. The molecule has 0 aromatic heterocycles. The van der Waals surface area contributed by atoms with Gasteiger partial charge in [-0.1, -0.05) is 32.4 Å². The number of benzene rings is 1. The number of carbonyl (C=O) groups is 2. The number of aryl methyl sites for hydroxylation is 1. The van der Waals surface area contributed by atoms with Gasteiger partial charge < -0.3 is 15.1 Å². The van der Waals surface area contributed by atoms with Gasteiger partial charge in [-0.3, -0.25) is 9.59 Å². The lowest BCUT2D eigenvalue weighted by molar-refractivity contribution is -0.127. The van der Waals surface area contributed by atoms with Crippen LogP contribution in [0.5, 0.6) is 0 Å². The summed E-state index contributed by atoms with van der Waals surface area (Å²) >= 11 is 0. The molecular weight excluding hydrogens is 338 g/mol. The molecule has 2 aliphatic rings. The van der Waals surface area contributed by atoms with Crippen LogP contribution in [0.4, 0.5) is 5.69 Å². The maximum Gasteiger partial charge on any atom is 0.227 e. The molecule has 1 aromatic carbocycles. The zero-order chi connectivity index (χ0) is 19.2. The van der Waals surface area contributed by atoms with Gasteiger partial charge in [0.1, 0.15) is 0 Å². The van der Waals surface area contributed by atoms with Crippen molar-refractivity contribution in [3.8, 4) is 0 Å². The molecule has 1 N–H and O–H groups in total. The second-order valence-corrected chi connectivity index (χ2v) is 7.90. The third-order valence-corrected chi connectivity index (χ3v) is 5.91. The Bertz CT molecular complexity index is 635. The van der Waals surface area contributed by atoms with E-state index in [9.17, 15) is 9.59 Å². The van der Waals surface area contributed by atoms with E-state index in [0.29, 0.717) is 13.0 Å². The number of hydrogen-bond acceptors (Lipinski definition) is 3. The number of carbonyl (C=O) groups excluding carboxylic acids is 2. The molecular formula is C22H33N3O2. The third-order valence-electron chi connectivity index (χ3n) is 5.91. The monoisotopic (exact) mass is 371 g/mol. The highest BCUT2D eigenvalue weighted by molar-refractivity contribution is 6.00. The molecule has 3 rings (SSSR count). The fraction of sp³-hybridized carbons (Fsp3) is 0.636. The molecule has 2 amide bonds. The average molecular weight is 372 g/mol. The van der Waals surface area contributed by atoms with Crippen molar-refractivity contribution >= 4 is 17.5 Å². The minimum Gasteiger partial charge on any atom is -0.353 e. The van der Waals surface area contributed by atoms with Gasteiger partial charge in [-0.2, -0.15) is 0 Å². The van der Waals surface area contributed by atoms with E-state index in [1.165, 1.54) is 24.9 Å². The highest BCUT2D eigenvalue weighted by Crippen LogP contribution is 2.26. The first-order valence-electron chi connectivity index (χ1n) is 10.5. The van der Waals surface area contributed by atoms with Crippen LogP contribution in [0.3, 0.4) is 0 Å². The molecule has 2 saturated heterocycles. The molecule has 1 aromatic rings. The van der Waals surface area contributed by atoms with Crippen LogP contribution in [-0.4, -0.2) is 48.9 Å². The van der Waals surface area contributed by atoms with Crippen molar-refractivity contribution in [3.05, 3.63) is 29.8 Å². The van der Waals surface area contributed by atoms with E-state index in [-0.39, 0.29) is 23.8 Å². The minimum absolute atomic E-state index is 0.0445. The van der Waals surface area contributed by atoms with Gasteiger partial charge in [0.15, 0.2) is 0 Å². The number of nitrogens with zero attached hydrogens (tertiary/aromatic N) is 2. The number of hydrogen-bond donors (Lipinski definition) is 1. The number of piperidine rings is 1. The molecule has 5 heteroatoms. The fourth-order valence-electron chi connectivity index (χ4n) is 4.05. The second kappa shape index (κ2) is 9.36. The summed E-state index contributed by atoms with van der Waals surface area (Å²) in [5.74, 6) is -0.140. The molecule has 0 radical (unpaired) electrons. The van der Waals surface area contributed by atoms with Gasteiger partial charge in [0.2, 0.25) is 11.8 Å². The topological polar surface area (TPSA) is 52.7 Å². The van der Waals surface area contributed by atoms with Crippen LogP contribution in [-0.2, 0) is 16.0 Å².